The Kier molecular flexibility index (Phi) is 13.8. The second-order valence-electron chi connectivity index (χ2n) is 3.32. The molecule has 0 aliphatic heterocycles. The summed E-state index contributed by atoms with van der Waals surface area (Å²) in [5.74, 6) is 0. The molecule has 0 amide bonds. The lowest BCUT2D eigenvalue weighted by Crippen LogP contribution is -2.22. The van der Waals surface area contributed by atoms with Crippen LogP contribution in [0.25, 0.3) is 0 Å². The molecule has 5 heteroatoms. The summed E-state index contributed by atoms with van der Waals surface area (Å²) >= 11 is 0. The van der Waals surface area contributed by atoms with Gasteiger partial charge in [0.15, 0.2) is 0 Å². The van der Waals surface area contributed by atoms with Crippen LogP contribution in [0.1, 0.15) is 0 Å². The van der Waals surface area contributed by atoms with E-state index in [-0.39, 0.29) is 0 Å². The number of likely N-dealkylation sites (N-methyl/N-ethyl adjacent to an activating group) is 2. The predicted octanol–water partition coefficient (Wildman–Crippen LogP) is 0.0272. The quantitative estimate of drug-likeness (QED) is 0.376. The average Bonchev–Trinajstić information content (AvgIpc) is 2.04. The van der Waals surface area contributed by atoms with Gasteiger partial charge in [-0.3, -0.25) is 0 Å². The van der Waals surface area contributed by atoms with Gasteiger partial charge in [0.25, 0.3) is 0 Å². The highest BCUT2D eigenvalue weighted by molar-refractivity contribution is 5.26. The van der Waals surface area contributed by atoms with Crippen molar-refractivity contribution in [2.45, 2.75) is 0 Å². The molecule has 84 valence electrons. The summed E-state index contributed by atoms with van der Waals surface area (Å²) in [4.78, 5) is 12.6. The van der Waals surface area contributed by atoms with E-state index in [1.807, 2.05) is 0 Å². The Morgan fingerprint density at radius 1 is 1.07 bits per heavy atom. The molecule has 0 saturated heterocycles. The second kappa shape index (κ2) is 12.3. The molecule has 0 bridgehead atoms. The van der Waals surface area contributed by atoms with E-state index in [0.717, 1.165) is 32.4 Å². The van der Waals surface area contributed by atoms with Crippen LogP contribution >= 0.6 is 0 Å². The lowest BCUT2D eigenvalue weighted by atomic mass is 10.6. The van der Waals surface area contributed by atoms with Crippen LogP contribution in [-0.2, 0) is 9.53 Å². The molecule has 0 radical (unpaired) electrons. The van der Waals surface area contributed by atoms with Crippen molar-refractivity contribution in [1.29, 1.82) is 5.41 Å². The van der Waals surface area contributed by atoms with Crippen molar-refractivity contribution in [2.24, 2.45) is 0 Å². The van der Waals surface area contributed by atoms with Gasteiger partial charge >= 0.3 is 0 Å². The topological polar surface area (TPSA) is 56.6 Å². The van der Waals surface area contributed by atoms with Crippen molar-refractivity contribution in [2.75, 3.05) is 54.5 Å². The SMILES string of the molecule is CN(C)CCOCCN(C)C.N=C=O. The van der Waals surface area contributed by atoms with Crippen molar-refractivity contribution >= 4 is 6.08 Å². The Balaban J connectivity index is 0. The Morgan fingerprint density at radius 2 is 1.36 bits per heavy atom. The lowest BCUT2D eigenvalue weighted by Gasteiger charge is -2.12. The Hall–Kier alpha value is -0.740. The van der Waals surface area contributed by atoms with E-state index in [4.69, 9.17) is 14.9 Å². The molecular weight excluding hydrogens is 182 g/mol. The van der Waals surface area contributed by atoms with Crippen molar-refractivity contribution in [1.82, 2.24) is 9.80 Å². The number of carbonyl (C=O) groups excluding carboxylic acids is 1. The Morgan fingerprint density at radius 3 is 1.57 bits per heavy atom. The highest BCUT2D eigenvalue weighted by Crippen LogP contribution is 1.80. The summed E-state index contributed by atoms with van der Waals surface area (Å²) in [5, 5.41) is 5.40. The largest absolute Gasteiger partial charge is 0.379 e. The fourth-order valence-corrected chi connectivity index (χ4v) is 0.596. The number of nitrogens with zero attached hydrogens (tertiary/aromatic N) is 2. The van der Waals surface area contributed by atoms with Crippen molar-refractivity contribution in [3.63, 3.8) is 0 Å². The minimum absolute atomic E-state index is 0.750. The van der Waals surface area contributed by atoms with Gasteiger partial charge in [0.1, 0.15) is 0 Å². The van der Waals surface area contributed by atoms with Crippen LogP contribution < -0.4 is 0 Å². The van der Waals surface area contributed by atoms with Crippen LogP contribution in [0, 0.1) is 5.41 Å². The fraction of sp³-hybridized carbons (Fsp3) is 0.889. The molecular formula is C9H21N3O2. The van der Waals surface area contributed by atoms with E-state index in [1.54, 1.807) is 0 Å². The van der Waals surface area contributed by atoms with Gasteiger partial charge in [0.05, 0.1) is 13.2 Å². The highest BCUT2D eigenvalue weighted by Gasteiger charge is 1.91. The van der Waals surface area contributed by atoms with Gasteiger partial charge in [-0.05, 0) is 28.2 Å². The molecule has 0 rings (SSSR count). The molecule has 0 unspecified atom stereocenters. The van der Waals surface area contributed by atoms with Gasteiger partial charge < -0.3 is 14.5 Å². The molecule has 0 aromatic heterocycles. The standard InChI is InChI=1S/C8H20N2O.CHNO/c1-9(2)5-7-11-8-6-10(3)4;2-1-3/h5-8H2,1-4H3;2H. The van der Waals surface area contributed by atoms with Gasteiger partial charge in [-0.15, -0.1) is 0 Å². The zero-order chi connectivity index (χ0) is 11.4. The van der Waals surface area contributed by atoms with Gasteiger partial charge in [-0.2, -0.15) is 0 Å². The highest BCUT2D eigenvalue weighted by atomic mass is 16.5. The van der Waals surface area contributed by atoms with Crippen LogP contribution in [0.3, 0.4) is 0 Å². The summed E-state index contributed by atoms with van der Waals surface area (Å²) in [6, 6.07) is 0. The maximum atomic E-state index is 8.35. The van der Waals surface area contributed by atoms with E-state index in [0.29, 0.717) is 0 Å². The van der Waals surface area contributed by atoms with Gasteiger partial charge in [-0.25, -0.2) is 10.2 Å². The molecule has 0 fully saturated rings. The third kappa shape index (κ3) is 22.5. The number of isocyanates is 1. The molecule has 0 spiro atoms. The molecule has 0 heterocycles. The zero-order valence-corrected chi connectivity index (χ0v) is 9.54. The number of hydrogen-bond donors (Lipinski definition) is 1. The molecule has 5 nitrogen and oxygen atoms in total. The normalized spacial score (nSPS) is 9.57. The molecule has 0 aromatic carbocycles. The van der Waals surface area contributed by atoms with Crippen LogP contribution in [-0.4, -0.2) is 70.4 Å². The van der Waals surface area contributed by atoms with Crippen LogP contribution in [0.15, 0.2) is 0 Å². The summed E-state index contributed by atoms with van der Waals surface area (Å²) < 4.78 is 5.37. The fourth-order valence-electron chi connectivity index (χ4n) is 0.596. The average molecular weight is 203 g/mol. The molecule has 0 aromatic rings. The van der Waals surface area contributed by atoms with E-state index in [2.05, 4.69) is 38.0 Å². The summed E-state index contributed by atoms with van der Waals surface area (Å²) in [6.07, 6.45) is 0.750. The smallest absolute Gasteiger partial charge is 0.231 e. The first-order chi connectivity index (χ1) is 6.54. The van der Waals surface area contributed by atoms with E-state index < -0.39 is 0 Å². The molecule has 14 heavy (non-hydrogen) atoms. The van der Waals surface area contributed by atoms with Crippen molar-refractivity contribution in [3.05, 3.63) is 0 Å². The number of ether oxygens (including phenoxy) is 1. The molecule has 0 aliphatic carbocycles. The van der Waals surface area contributed by atoms with Crippen LogP contribution in [0.5, 0.6) is 0 Å². The van der Waals surface area contributed by atoms with Crippen LogP contribution in [0.2, 0.25) is 0 Å². The predicted molar refractivity (Wildman–Crippen MR) is 56.3 cm³/mol. The van der Waals surface area contributed by atoms with Crippen molar-refractivity contribution in [3.8, 4) is 0 Å². The van der Waals surface area contributed by atoms with Gasteiger partial charge in [0.2, 0.25) is 6.08 Å². The number of hydrogen-bond acceptors (Lipinski definition) is 5. The maximum absolute atomic E-state index is 8.35. The second-order valence-corrected chi connectivity index (χ2v) is 3.32. The molecule has 1 N–H and O–H groups in total. The Bertz CT molecular complexity index is 133. The third-order valence-corrected chi connectivity index (χ3v) is 1.37. The lowest BCUT2D eigenvalue weighted by molar-refractivity contribution is 0.104. The van der Waals surface area contributed by atoms with Gasteiger partial charge in [0, 0.05) is 13.1 Å². The monoisotopic (exact) mass is 203 g/mol. The van der Waals surface area contributed by atoms with E-state index in [9.17, 15) is 0 Å². The minimum Gasteiger partial charge on any atom is -0.379 e. The molecule has 0 saturated carbocycles. The van der Waals surface area contributed by atoms with Crippen molar-refractivity contribution < 1.29 is 9.53 Å². The van der Waals surface area contributed by atoms with Gasteiger partial charge in [-0.1, -0.05) is 0 Å². The Labute approximate surface area is 86.1 Å². The molecule has 0 aliphatic rings. The summed E-state index contributed by atoms with van der Waals surface area (Å²) in [6.45, 7) is 3.68. The first-order valence-corrected chi connectivity index (χ1v) is 4.45. The van der Waals surface area contributed by atoms with E-state index in [1.165, 1.54) is 0 Å². The summed E-state index contributed by atoms with van der Waals surface area (Å²) in [7, 11) is 8.20. The number of rotatable bonds is 6. The van der Waals surface area contributed by atoms with E-state index >= 15 is 0 Å². The maximum Gasteiger partial charge on any atom is 0.231 e. The zero-order valence-electron chi connectivity index (χ0n) is 9.54. The summed E-state index contributed by atoms with van der Waals surface area (Å²) in [5.41, 5.74) is 0. The first kappa shape index (κ1) is 15.7. The first-order valence-electron chi connectivity index (χ1n) is 4.45. The minimum atomic E-state index is 0.750. The number of nitrogens with one attached hydrogen (secondary N) is 1. The third-order valence-electron chi connectivity index (χ3n) is 1.37. The molecule has 0 atom stereocenters. The van der Waals surface area contributed by atoms with Crippen LogP contribution in [0.4, 0.5) is 0 Å².